The highest BCUT2D eigenvalue weighted by atomic mass is 32.2. The zero-order valence-electron chi connectivity index (χ0n) is 13.1. The van der Waals surface area contributed by atoms with Crippen molar-refractivity contribution < 1.29 is 21.6 Å². The molecule has 0 saturated carbocycles. The maximum Gasteiger partial charge on any atom is 0.244 e. The van der Waals surface area contributed by atoms with Crippen LogP contribution >= 0.6 is 0 Å². The van der Waals surface area contributed by atoms with Gasteiger partial charge in [-0.3, -0.25) is 5.10 Å². The van der Waals surface area contributed by atoms with Gasteiger partial charge < -0.3 is 4.74 Å². The first-order valence-electron chi connectivity index (χ1n) is 6.55. The lowest BCUT2D eigenvalue weighted by Gasteiger charge is -2.19. The number of H-pyrrole nitrogens is 1. The molecule has 22 heavy (non-hydrogen) atoms. The van der Waals surface area contributed by atoms with E-state index in [1.54, 1.807) is 13.8 Å². The van der Waals surface area contributed by atoms with Crippen molar-refractivity contribution in [3.8, 4) is 0 Å². The molecule has 0 spiro atoms. The number of ether oxygens (including phenoxy) is 1. The van der Waals surface area contributed by atoms with E-state index in [0.29, 0.717) is 11.4 Å². The Labute approximate surface area is 131 Å². The number of aryl methyl sites for hydroxylation is 2. The van der Waals surface area contributed by atoms with Crippen LogP contribution < -0.4 is 4.72 Å². The zero-order valence-corrected chi connectivity index (χ0v) is 14.7. The van der Waals surface area contributed by atoms with E-state index in [2.05, 4.69) is 14.9 Å². The van der Waals surface area contributed by atoms with Crippen LogP contribution in [0.3, 0.4) is 0 Å². The third-order valence-electron chi connectivity index (χ3n) is 3.00. The summed E-state index contributed by atoms with van der Waals surface area (Å²) in [6.07, 6.45) is 1.07. The molecule has 0 aliphatic heterocycles. The highest BCUT2D eigenvalue weighted by molar-refractivity contribution is 7.89. The van der Waals surface area contributed by atoms with Gasteiger partial charge in [-0.1, -0.05) is 0 Å². The van der Waals surface area contributed by atoms with E-state index >= 15 is 0 Å². The van der Waals surface area contributed by atoms with Crippen LogP contribution in [0.1, 0.15) is 11.4 Å². The number of hydrogen-bond acceptors (Lipinski definition) is 6. The lowest BCUT2D eigenvalue weighted by molar-refractivity contribution is 0.179. The molecule has 0 aromatic carbocycles. The van der Waals surface area contributed by atoms with Crippen molar-refractivity contribution in [3.63, 3.8) is 0 Å². The average Bonchev–Trinajstić information content (AvgIpc) is 2.72. The molecular weight excluding hydrogens is 332 g/mol. The molecule has 0 aliphatic rings. The Bertz CT molecular complexity index is 677. The molecular formula is C11H22N4O5S2. The van der Waals surface area contributed by atoms with E-state index in [0.717, 1.165) is 10.6 Å². The van der Waals surface area contributed by atoms with E-state index in [1.807, 2.05) is 0 Å². The molecule has 1 aromatic heterocycles. The molecule has 0 saturated heterocycles. The van der Waals surface area contributed by atoms with Crippen LogP contribution in [0.2, 0.25) is 0 Å². The number of rotatable bonds is 9. The number of hydrogen-bond donors (Lipinski definition) is 2. The Morgan fingerprint density at radius 1 is 1.23 bits per heavy atom. The molecule has 128 valence electrons. The van der Waals surface area contributed by atoms with Gasteiger partial charge in [0.05, 0.1) is 24.3 Å². The lowest BCUT2D eigenvalue weighted by Crippen LogP contribution is -2.39. The monoisotopic (exact) mass is 354 g/mol. The minimum absolute atomic E-state index is 0.0252. The van der Waals surface area contributed by atoms with Crippen LogP contribution in [-0.4, -0.2) is 70.9 Å². The number of methoxy groups -OCH3 is 1. The second-order valence-electron chi connectivity index (χ2n) is 4.82. The molecule has 0 fully saturated rings. The predicted octanol–water partition coefficient (Wildman–Crippen LogP) is -0.787. The first-order valence-corrected chi connectivity index (χ1v) is 9.88. The smallest absolute Gasteiger partial charge is 0.244 e. The quantitative estimate of drug-likeness (QED) is 0.599. The molecule has 0 radical (unpaired) electrons. The molecule has 9 nitrogen and oxygen atoms in total. The third kappa shape index (κ3) is 5.02. The van der Waals surface area contributed by atoms with Crippen LogP contribution in [0.4, 0.5) is 0 Å². The summed E-state index contributed by atoms with van der Waals surface area (Å²) < 4.78 is 56.0. The summed E-state index contributed by atoms with van der Waals surface area (Å²) in [5, 5.41) is 6.44. The number of nitrogens with zero attached hydrogens (tertiary/aromatic N) is 2. The summed E-state index contributed by atoms with van der Waals surface area (Å²) in [7, 11) is -5.70. The maximum absolute atomic E-state index is 12.2. The third-order valence-corrected chi connectivity index (χ3v) is 6.02. The van der Waals surface area contributed by atoms with Crippen molar-refractivity contribution >= 4 is 20.0 Å². The van der Waals surface area contributed by atoms with E-state index in [1.165, 1.54) is 7.11 Å². The number of nitrogens with one attached hydrogen (secondary N) is 2. The fourth-order valence-corrected chi connectivity index (χ4v) is 4.17. The van der Waals surface area contributed by atoms with Crippen LogP contribution in [0.5, 0.6) is 0 Å². The van der Waals surface area contributed by atoms with Crippen LogP contribution in [0, 0.1) is 13.8 Å². The number of aromatic amines is 1. The SMILES string of the molecule is COCCN(CCNS(=O)(=O)c1c(C)n[nH]c1C)S(C)(=O)=O. The van der Waals surface area contributed by atoms with Crippen molar-refractivity contribution in [1.82, 2.24) is 19.2 Å². The van der Waals surface area contributed by atoms with E-state index in [9.17, 15) is 16.8 Å². The Morgan fingerprint density at radius 3 is 2.32 bits per heavy atom. The van der Waals surface area contributed by atoms with Crippen molar-refractivity contribution in [3.05, 3.63) is 11.4 Å². The molecule has 0 aliphatic carbocycles. The first-order chi connectivity index (χ1) is 10.1. The number of sulfonamides is 2. The van der Waals surface area contributed by atoms with E-state index in [4.69, 9.17) is 4.74 Å². The Kier molecular flexibility index (Phi) is 6.50. The summed E-state index contributed by atoms with van der Waals surface area (Å²) in [6.45, 7) is 3.58. The van der Waals surface area contributed by atoms with Crippen LogP contribution in [-0.2, 0) is 24.8 Å². The summed E-state index contributed by atoms with van der Waals surface area (Å²) in [6, 6.07) is 0. The highest BCUT2D eigenvalue weighted by Gasteiger charge is 2.23. The Morgan fingerprint density at radius 2 is 1.86 bits per heavy atom. The number of aromatic nitrogens is 2. The fraction of sp³-hybridized carbons (Fsp3) is 0.727. The minimum Gasteiger partial charge on any atom is -0.383 e. The predicted molar refractivity (Wildman–Crippen MR) is 81.5 cm³/mol. The fourth-order valence-electron chi connectivity index (χ4n) is 1.95. The maximum atomic E-state index is 12.2. The lowest BCUT2D eigenvalue weighted by atomic mass is 10.4. The standard InChI is InChI=1S/C11H22N4O5S2/c1-9-11(10(2)14-13-9)22(18,19)12-5-6-15(7-8-20-3)21(4,16)17/h12H,5-8H2,1-4H3,(H,13,14). The van der Waals surface area contributed by atoms with Crippen LogP contribution in [0.25, 0.3) is 0 Å². The van der Waals surface area contributed by atoms with Crippen LogP contribution in [0.15, 0.2) is 4.90 Å². The molecule has 0 unspecified atom stereocenters. The molecule has 1 rings (SSSR count). The Balaban J connectivity index is 2.72. The summed E-state index contributed by atoms with van der Waals surface area (Å²) >= 11 is 0. The summed E-state index contributed by atoms with van der Waals surface area (Å²) in [5.41, 5.74) is 0.800. The molecule has 0 amide bonds. The molecule has 0 bridgehead atoms. The average molecular weight is 354 g/mol. The van der Waals surface area contributed by atoms with Crippen molar-refractivity contribution in [2.24, 2.45) is 0 Å². The van der Waals surface area contributed by atoms with E-state index < -0.39 is 20.0 Å². The van der Waals surface area contributed by atoms with Gasteiger partial charge in [0, 0.05) is 26.7 Å². The summed E-state index contributed by atoms with van der Waals surface area (Å²) in [5.74, 6) is 0. The second-order valence-corrected chi connectivity index (χ2v) is 8.50. The van der Waals surface area contributed by atoms with Gasteiger partial charge in [0.1, 0.15) is 4.90 Å². The first kappa shape index (κ1) is 19.0. The summed E-state index contributed by atoms with van der Waals surface area (Å²) in [4.78, 5) is 0.0929. The van der Waals surface area contributed by atoms with Gasteiger partial charge in [0.2, 0.25) is 20.0 Å². The molecule has 1 heterocycles. The van der Waals surface area contributed by atoms with E-state index in [-0.39, 0.29) is 31.1 Å². The van der Waals surface area contributed by atoms with Gasteiger partial charge in [-0.05, 0) is 13.8 Å². The second kappa shape index (κ2) is 7.51. The minimum atomic E-state index is -3.74. The van der Waals surface area contributed by atoms with Gasteiger partial charge >= 0.3 is 0 Å². The Hall–Kier alpha value is -1.01. The zero-order chi connectivity index (χ0) is 17.0. The van der Waals surface area contributed by atoms with Crippen molar-refractivity contribution in [2.75, 3.05) is 39.6 Å². The van der Waals surface area contributed by atoms with Gasteiger partial charge in [0.15, 0.2) is 0 Å². The van der Waals surface area contributed by atoms with Crippen molar-refractivity contribution in [1.29, 1.82) is 0 Å². The molecule has 0 atom stereocenters. The highest BCUT2D eigenvalue weighted by Crippen LogP contribution is 2.15. The topological polar surface area (TPSA) is 121 Å². The van der Waals surface area contributed by atoms with Gasteiger partial charge in [0.25, 0.3) is 0 Å². The molecule has 2 N–H and O–H groups in total. The van der Waals surface area contributed by atoms with Crippen molar-refractivity contribution in [2.45, 2.75) is 18.7 Å². The largest absolute Gasteiger partial charge is 0.383 e. The van der Waals surface area contributed by atoms with Gasteiger partial charge in [-0.25, -0.2) is 21.6 Å². The molecule has 11 heteroatoms. The van der Waals surface area contributed by atoms with Gasteiger partial charge in [-0.15, -0.1) is 0 Å². The molecule has 1 aromatic rings. The normalized spacial score (nSPS) is 13.0. The van der Waals surface area contributed by atoms with Gasteiger partial charge in [-0.2, -0.15) is 9.40 Å².